The van der Waals surface area contributed by atoms with E-state index in [-0.39, 0.29) is 29.2 Å². The second-order valence-electron chi connectivity index (χ2n) is 7.52. The number of rotatable bonds is 4. The molecule has 24 heavy (non-hydrogen) atoms. The number of piperidine rings is 1. The van der Waals surface area contributed by atoms with Crippen LogP contribution in [0.4, 0.5) is 5.69 Å². The number of carbonyl (C=O) groups is 2. The van der Waals surface area contributed by atoms with Gasteiger partial charge in [0, 0.05) is 23.2 Å². The van der Waals surface area contributed by atoms with Gasteiger partial charge >= 0.3 is 0 Å². The molecule has 2 fully saturated rings. The first-order chi connectivity index (χ1) is 11.4. The number of nitrogens with one attached hydrogen (secondary N) is 3. The van der Waals surface area contributed by atoms with E-state index in [1.165, 1.54) is 0 Å². The molecule has 1 aliphatic heterocycles. The summed E-state index contributed by atoms with van der Waals surface area (Å²) in [6, 6.07) is 5.62. The van der Waals surface area contributed by atoms with Crippen LogP contribution in [-0.4, -0.2) is 30.9 Å². The molecule has 1 spiro atoms. The summed E-state index contributed by atoms with van der Waals surface area (Å²) in [4.78, 5) is 24.8. The average molecular weight is 329 g/mol. The maximum Gasteiger partial charge on any atom is 0.251 e. The molecule has 0 bridgehead atoms. The first-order valence-electron chi connectivity index (χ1n) is 8.84. The number of aryl methyl sites for hydroxylation is 1. The highest BCUT2D eigenvalue weighted by Crippen LogP contribution is 2.58. The number of anilines is 1. The molecule has 3 rings (SSSR count). The van der Waals surface area contributed by atoms with Gasteiger partial charge in [0.05, 0.1) is 0 Å². The van der Waals surface area contributed by atoms with Gasteiger partial charge in [-0.25, -0.2) is 0 Å². The van der Waals surface area contributed by atoms with Crippen LogP contribution < -0.4 is 16.0 Å². The Hall–Kier alpha value is -1.88. The van der Waals surface area contributed by atoms with Crippen molar-refractivity contribution in [2.75, 3.05) is 18.4 Å². The minimum absolute atomic E-state index is 0.0846. The van der Waals surface area contributed by atoms with E-state index >= 15 is 0 Å². The molecule has 130 valence electrons. The van der Waals surface area contributed by atoms with Gasteiger partial charge in [0.2, 0.25) is 5.91 Å². The van der Waals surface area contributed by atoms with Gasteiger partial charge in [-0.05, 0) is 76.2 Å². The molecular weight excluding hydrogens is 302 g/mol. The van der Waals surface area contributed by atoms with Gasteiger partial charge in [-0.15, -0.1) is 0 Å². The van der Waals surface area contributed by atoms with Gasteiger partial charge in [0.25, 0.3) is 5.91 Å². The van der Waals surface area contributed by atoms with Crippen molar-refractivity contribution >= 4 is 17.5 Å². The summed E-state index contributed by atoms with van der Waals surface area (Å²) in [7, 11) is 0. The predicted octanol–water partition coefficient (Wildman–Crippen LogP) is 2.46. The molecule has 1 saturated heterocycles. The quantitative estimate of drug-likeness (QED) is 0.795. The van der Waals surface area contributed by atoms with Crippen LogP contribution in [0.1, 0.15) is 49.0 Å². The Balaban J connectivity index is 1.67. The van der Waals surface area contributed by atoms with Gasteiger partial charge in [-0.1, -0.05) is 6.07 Å². The van der Waals surface area contributed by atoms with Crippen molar-refractivity contribution in [1.82, 2.24) is 10.6 Å². The molecule has 0 aromatic heterocycles. The highest BCUT2D eigenvalue weighted by Gasteiger charge is 2.57. The lowest BCUT2D eigenvalue weighted by molar-refractivity contribution is -0.118. The first-order valence-corrected chi connectivity index (χ1v) is 8.84. The van der Waals surface area contributed by atoms with Gasteiger partial charge in [-0.2, -0.15) is 0 Å². The SMILES string of the molecule is Cc1ccc(NC(=O)C2CC23CCNCC3)cc1C(=O)NC(C)C. The molecule has 1 aromatic carbocycles. The Morgan fingerprint density at radius 2 is 1.96 bits per heavy atom. The summed E-state index contributed by atoms with van der Waals surface area (Å²) in [6.45, 7) is 7.79. The van der Waals surface area contributed by atoms with E-state index in [0.717, 1.165) is 37.9 Å². The molecule has 5 nitrogen and oxygen atoms in total. The fourth-order valence-electron chi connectivity index (χ4n) is 3.71. The highest BCUT2D eigenvalue weighted by molar-refractivity contribution is 5.99. The summed E-state index contributed by atoms with van der Waals surface area (Å²) < 4.78 is 0. The second kappa shape index (κ2) is 6.55. The standard InChI is InChI=1S/C19H27N3O2/c1-12(2)21-17(23)15-10-14(5-4-13(15)3)22-18(24)16-11-19(16)6-8-20-9-7-19/h4-5,10,12,16,20H,6-9,11H2,1-3H3,(H,21,23)(H,22,24). The van der Waals surface area contributed by atoms with Crippen LogP contribution in [0.5, 0.6) is 0 Å². The molecule has 2 amide bonds. The molecule has 1 heterocycles. The Bertz CT molecular complexity index is 648. The maximum atomic E-state index is 12.6. The molecule has 1 aliphatic carbocycles. The molecule has 1 aromatic rings. The van der Waals surface area contributed by atoms with Gasteiger partial charge in [-0.3, -0.25) is 9.59 Å². The normalized spacial score (nSPS) is 21.6. The lowest BCUT2D eigenvalue weighted by atomic mass is 9.91. The van der Waals surface area contributed by atoms with Crippen molar-refractivity contribution in [2.45, 2.75) is 46.1 Å². The molecule has 1 atom stereocenters. The van der Waals surface area contributed by atoms with E-state index in [2.05, 4.69) is 16.0 Å². The van der Waals surface area contributed by atoms with Crippen LogP contribution >= 0.6 is 0 Å². The first kappa shape index (κ1) is 17.0. The molecular formula is C19H27N3O2. The van der Waals surface area contributed by atoms with Gasteiger partial charge in [0.1, 0.15) is 0 Å². The third-order valence-electron chi connectivity index (χ3n) is 5.28. The van der Waals surface area contributed by atoms with Crippen LogP contribution in [0.25, 0.3) is 0 Å². The van der Waals surface area contributed by atoms with Crippen LogP contribution in [0.2, 0.25) is 0 Å². The minimum atomic E-state index is -0.0974. The monoisotopic (exact) mass is 329 g/mol. The van der Waals surface area contributed by atoms with Crippen molar-refractivity contribution in [3.8, 4) is 0 Å². The van der Waals surface area contributed by atoms with Gasteiger partial charge in [0.15, 0.2) is 0 Å². The van der Waals surface area contributed by atoms with Crippen LogP contribution in [0, 0.1) is 18.3 Å². The zero-order chi connectivity index (χ0) is 17.3. The Morgan fingerprint density at radius 3 is 2.62 bits per heavy atom. The summed E-state index contributed by atoms with van der Waals surface area (Å²) in [6.07, 6.45) is 3.16. The smallest absolute Gasteiger partial charge is 0.251 e. The Labute approximate surface area is 143 Å². The summed E-state index contributed by atoms with van der Waals surface area (Å²) in [5.74, 6) is 0.115. The Morgan fingerprint density at radius 1 is 1.25 bits per heavy atom. The third-order valence-corrected chi connectivity index (χ3v) is 5.28. The van der Waals surface area contributed by atoms with E-state index < -0.39 is 0 Å². The van der Waals surface area contributed by atoms with Crippen LogP contribution in [-0.2, 0) is 4.79 Å². The fraction of sp³-hybridized carbons (Fsp3) is 0.579. The number of carbonyl (C=O) groups excluding carboxylic acids is 2. The second-order valence-corrected chi connectivity index (χ2v) is 7.52. The summed E-state index contributed by atoms with van der Waals surface area (Å²) in [5, 5.41) is 9.27. The van der Waals surface area contributed by atoms with Crippen molar-refractivity contribution in [3.63, 3.8) is 0 Å². The number of hydrogen-bond acceptors (Lipinski definition) is 3. The van der Waals surface area contributed by atoms with E-state index in [9.17, 15) is 9.59 Å². The zero-order valence-electron chi connectivity index (χ0n) is 14.7. The number of benzene rings is 1. The Kier molecular flexibility index (Phi) is 4.63. The summed E-state index contributed by atoms with van der Waals surface area (Å²) in [5.41, 5.74) is 2.45. The topological polar surface area (TPSA) is 70.2 Å². The van der Waals surface area contributed by atoms with E-state index in [1.54, 1.807) is 6.07 Å². The van der Waals surface area contributed by atoms with Crippen molar-refractivity contribution < 1.29 is 9.59 Å². The van der Waals surface area contributed by atoms with Crippen molar-refractivity contribution in [2.24, 2.45) is 11.3 Å². The van der Waals surface area contributed by atoms with E-state index in [1.807, 2.05) is 32.9 Å². The van der Waals surface area contributed by atoms with E-state index in [4.69, 9.17) is 0 Å². The molecule has 1 unspecified atom stereocenters. The van der Waals surface area contributed by atoms with Crippen molar-refractivity contribution in [1.29, 1.82) is 0 Å². The average Bonchev–Trinajstić information content (AvgIpc) is 3.22. The number of hydrogen-bond donors (Lipinski definition) is 3. The summed E-state index contributed by atoms with van der Waals surface area (Å²) >= 11 is 0. The largest absolute Gasteiger partial charge is 0.350 e. The molecule has 0 radical (unpaired) electrons. The van der Waals surface area contributed by atoms with Crippen LogP contribution in [0.15, 0.2) is 18.2 Å². The zero-order valence-corrected chi connectivity index (χ0v) is 14.7. The van der Waals surface area contributed by atoms with Crippen LogP contribution in [0.3, 0.4) is 0 Å². The maximum absolute atomic E-state index is 12.6. The molecule has 1 saturated carbocycles. The van der Waals surface area contributed by atoms with Crippen molar-refractivity contribution in [3.05, 3.63) is 29.3 Å². The molecule has 3 N–H and O–H groups in total. The lowest BCUT2D eigenvalue weighted by Gasteiger charge is -2.23. The molecule has 2 aliphatic rings. The number of amides is 2. The predicted molar refractivity (Wildman–Crippen MR) is 95.1 cm³/mol. The fourth-order valence-corrected chi connectivity index (χ4v) is 3.71. The minimum Gasteiger partial charge on any atom is -0.350 e. The third kappa shape index (κ3) is 3.46. The van der Waals surface area contributed by atoms with E-state index in [0.29, 0.717) is 11.3 Å². The lowest BCUT2D eigenvalue weighted by Crippen LogP contribution is -2.32. The molecule has 5 heteroatoms. The highest BCUT2D eigenvalue weighted by atomic mass is 16.2. The van der Waals surface area contributed by atoms with Gasteiger partial charge < -0.3 is 16.0 Å².